The number of nitrogens with one attached hydrogen (secondary N) is 2. The summed E-state index contributed by atoms with van der Waals surface area (Å²) in [7, 11) is 0. The van der Waals surface area contributed by atoms with Crippen molar-refractivity contribution in [3.05, 3.63) is 22.5 Å². The SMILES string of the molecule is Cc1c(C(=O)Nc2nc(C(C)C)cs2)nnn1C1CCNCC1.Cl. The minimum absolute atomic E-state index is 0. The summed E-state index contributed by atoms with van der Waals surface area (Å²) < 4.78 is 1.89. The highest BCUT2D eigenvalue weighted by Crippen LogP contribution is 2.23. The number of anilines is 1. The third-order valence-electron chi connectivity index (χ3n) is 4.13. The van der Waals surface area contributed by atoms with Crippen LogP contribution in [-0.2, 0) is 0 Å². The molecule has 0 unspecified atom stereocenters. The maximum atomic E-state index is 12.4. The first-order valence-corrected chi connectivity index (χ1v) is 8.83. The van der Waals surface area contributed by atoms with Gasteiger partial charge in [0.05, 0.1) is 17.4 Å². The van der Waals surface area contributed by atoms with E-state index in [9.17, 15) is 4.79 Å². The van der Waals surface area contributed by atoms with Crippen LogP contribution in [0.3, 0.4) is 0 Å². The average Bonchev–Trinajstić information content (AvgIpc) is 3.15. The Morgan fingerprint density at radius 1 is 1.42 bits per heavy atom. The van der Waals surface area contributed by atoms with Crippen LogP contribution in [0.4, 0.5) is 5.13 Å². The Labute approximate surface area is 151 Å². The van der Waals surface area contributed by atoms with Crippen LogP contribution in [0, 0.1) is 6.92 Å². The van der Waals surface area contributed by atoms with Crippen molar-refractivity contribution in [2.75, 3.05) is 18.4 Å². The Hall–Kier alpha value is -1.51. The molecular formula is C15H23ClN6OS. The van der Waals surface area contributed by atoms with E-state index in [0.717, 1.165) is 37.3 Å². The number of nitrogens with zero attached hydrogens (tertiary/aromatic N) is 4. The molecule has 1 aliphatic rings. The lowest BCUT2D eigenvalue weighted by molar-refractivity contribution is 0.102. The van der Waals surface area contributed by atoms with Crippen LogP contribution in [0.15, 0.2) is 5.38 Å². The standard InChI is InChI=1S/C15H22N6OS.ClH/c1-9(2)12-8-23-15(17-12)18-14(22)13-10(3)21(20-19-13)11-4-6-16-7-5-11;/h8-9,11,16H,4-7H2,1-3H3,(H,17,18,22);1H. The normalized spacial score (nSPS) is 15.3. The summed E-state index contributed by atoms with van der Waals surface area (Å²) in [5.41, 5.74) is 2.18. The van der Waals surface area contributed by atoms with Crippen molar-refractivity contribution in [3.8, 4) is 0 Å². The molecule has 2 N–H and O–H groups in total. The summed E-state index contributed by atoms with van der Waals surface area (Å²) in [6, 6.07) is 0.317. The van der Waals surface area contributed by atoms with Crippen LogP contribution < -0.4 is 10.6 Å². The van der Waals surface area contributed by atoms with E-state index in [1.165, 1.54) is 11.3 Å². The number of carbonyl (C=O) groups excluding carboxylic acids is 1. The van der Waals surface area contributed by atoms with Crippen LogP contribution in [0.25, 0.3) is 0 Å². The molecule has 2 aromatic heterocycles. The predicted octanol–water partition coefficient (Wildman–Crippen LogP) is 2.77. The molecule has 2 aromatic rings. The fraction of sp³-hybridized carbons (Fsp3) is 0.600. The molecule has 132 valence electrons. The Morgan fingerprint density at radius 3 is 2.75 bits per heavy atom. The van der Waals surface area contributed by atoms with Gasteiger partial charge in [0.2, 0.25) is 0 Å². The van der Waals surface area contributed by atoms with E-state index >= 15 is 0 Å². The molecule has 0 bridgehead atoms. The number of thiazole rings is 1. The van der Waals surface area contributed by atoms with Gasteiger partial charge >= 0.3 is 0 Å². The molecule has 0 spiro atoms. The van der Waals surface area contributed by atoms with E-state index in [1.54, 1.807) is 0 Å². The topological polar surface area (TPSA) is 84.7 Å². The number of hydrogen-bond acceptors (Lipinski definition) is 6. The summed E-state index contributed by atoms with van der Waals surface area (Å²) in [5.74, 6) is 0.103. The maximum absolute atomic E-state index is 12.4. The molecule has 1 fully saturated rings. The lowest BCUT2D eigenvalue weighted by Gasteiger charge is -2.23. The van der Waals surface area contributed by atoms with Crippen LogP contribution in [0.2, 0.25) is 0 Å². The van der Waals surface area contributed by atoms with Crippen LogP contribution in [0.1, 0.15) is 60.5 Å². The molecule has 3 heterocycles. The monoisotopic (exact) mass is 370 g/mol. The van der Waals surface area contributed by atoms with Crippen molar-refractivity contribution in [1.29, 1.82) is 0 Å². The molecule has 1 amide bonds. The van der Waals surface area contributed by atoms with Gasteiger partial charge in [-0.25, -0.2) is 9.67 Å². The molecule has 0 atom stereocenters. The highest BCUT2D eigenvalue weighted by Gasteiger charge is 2.23. The minimum Gasteiger partial charge on any atom is -0.317 e. The van der Waals surface area contributed by atoms with Gasteiger partial charge in [0.1, 0.15) is 0 Å². The van der Waals surface area contributed by atoms with Crippen LogP contribution >= 0.6 is 23.7 Å². The quantitative estimate of drug-likeness (QED) is 0.864. The summed E-state index contributed by atoms with van der Waals surface area (Å²) in [5, 5.41) is 17.0. The second-order valence-corrected chi connectivity index (χ2v) is 6.99. The molecular weight excluding hydrogens is 348 g/mol. The number of carbonyl (C=O) groups is 1. The Bertz CT molecular complexity index is 692. The van der Waals surface area contributed by atoms with Gasteiger partial charge in [-0.3, -0.25) is 10.1 Å². The second-order valence-electron chi connectivity index (χ2n) is 6.14. The lowest BCUT2D eigenvalue weighted by atomic mass is 10.1. The molecule has 3 rings (SSSR count). The molecule has 0 saturated carbocycles. The fourth-order valence-corrected chi connectivity index (χ4v) is 3.58. The second kappa shape index (κ2) is 8.04. The average molecular weight is 371 g/mol. The maximum Gasteiger partial charge on any atom is 0.279 e. The van der Waals surface area contributed by atoms with Crippen molar-refractivity contribution < 1.29 is 4.79 Å². The third kappa shape index (κ3) is 3.93. The Balaban J connectivity index is 0.00000208. The van der Waals surface area contributed by atoms with Gasteiger partial charge in [-0.2, -0.15) is 0 Å². The number of aromatic nitrogens is 4. The van der Waals surface area contributed by atoms with Gasteiger partial charge in [-0.1, -0.05) is 19.1 Å². The fourth-order valence-electron chi connectivity index (χ4n) is 2.71. The molecule has 1 saturated heterocycles. The number of halogens is 1. The van der Waals surface area contributed by atoms with Crippen molar-refractivity contribution in [2.24, 2.45) is 0 Å². The molecule has 0 radical (unpaired) electrons. The van der Waals surface area contributed by atoms with Gasteiger partial charge in [0, 0.05) is 5.38 Å². The largest absolute Gasteiger partial charge is 0.317 e. The Kier molecular flexibility index (Phi) is 6.31. The van der Waals surface area contributed by atoms with Crippen molar-refractivity contribution >= 4 is 34.8 Å². The van der Waals surface area contributed by atoms with Crippen LogP contribution in [0.5, 0.6) is 0 Å². The highest BCUT2D eigenvalue weighted by atomic mass is 35.5. The molecule has 9 heteroatoms. The van der Waals surface area contributed by atoms with Gasteiger partial charge in [0.15, 0.2) is 10.8 Å². The van der Waals surface area contributed by atoms with E-state index < -0.39 is 0 Å². The first-order valence-electron chi connectivity index (χ1n) is 7.95. The predicted molar refractivity (Wildman–Crippen MR) is 97.3 cm³/mol. The molecule has 7 nitrogen and oxygen atoms in total. The van der Waals surface area contributed by atoms with E-state index in [-0.39, 0.29) is 18.3 Å². The van der Waals surface area contributed by atoms with Crippen LogP contribution in [-0.4, -0.2) is 39.0 Å². The number of piperidine rings is 1. The number of amides is 1. The third-order valence-corrected chi connectivity index (χ3v) is 4.91. The Morgan fingerprint density at radius 2 is 2.12 bits per heavy atom. The smallest absolute Gasteiger partial charge is 0.279 e. The number of hydrogen-bond donors (Lipinski definition) is 2. The first-order chi connectivity index (χ1) is 11.1. The summed E-state index contributed by atoms with van der Waals surface area (Å²) in [4.78, 5) is 16.9. The van der Waals surface area contributed by atoms with Gasteiger partial charge in [-0.15, -0.1) is 28.8 Å². The minimum atomic E-state index is -0.243. The van der Waals surface area contributed by atoms with Gasteiger partial charge in [-0.05, 0) is 38.8 Å². The number of rotatable bonds is 4. The van der Waals surface area contributed by atoms with Gasteiger partial charge < -0.3 is 5.32 Å². The first kappa shape index (κ1) is 18.8. The summed E-state index contributed by atoms with van der Waals surface area (Å²) >= 11 is 1.44. The van der Waals surface area contributed by atoms with E-state index in [1.807, 2.05) is 17.0 Å². The van der Waals surface area contributed by atoms with E-state index in [0.29, 0.717) is 22.8 Å². The zero-order chi connectivity index (χ0) is 16.4. The zero-order valence-electron chi connectivity index (χ0n) is 14.1. The zero-order valence-corrected chi connectivity index (χ0v) is 15.7. The highest BCUT2D eigenvalue weighted by molar-refractivity contribution is 7.14. The molecule has 0 aliphatic carbocycles. The summed E-state index contributed by atoms with van der Waals surface area (Å²) in [6.45, 7) is 8.01. The van der Waals surface area contributed by atoms with E-state index in [4.69, 9.17) is 0 Å². The summed E-state index contributed by atoms with van der Waals surface area (Å²) in [6.07, 6.45) is 2.02. The van der Waals surface area contributed by atoms with Crippen molar-refractivity contribution in [1.82, 2.24) is 25.3 Å². The van der Waals surface area contributed by atoms with E-state index in [2.05, 4.69) is 39.8 Å². The lowest BCUT2D eigenvalue weighted by Crippen LogP contribution is -2.30. The van der Waals surface area contributed by atoms with Crippen molar-refractivity contribution in [3.63, 3.8) is 0 Å². The molecule has 0 aromatic carbocycles. The van der Waals surface area contributed by atoms with Crippen molar-refractivity contribution in [2.45, 2.75) is 45.6 Å². The molecule has 1 aliphatic heterocycles. The van der Waals surface area contributed by atoms with Gasteiger partial charge in [0.25, 0.3) is 5.91 Å². The molecule has 24 heavy (non-hydrogen) atoms.